The molecule has 0 atom stereocenters. The lowest BCUT2D eigenvalue weighted by molar-refractivity contribution is -0.156. The highest BCUT2D eigenvalue weighted by Crippen LogP contribution is 2.37. The van der Waals surface area contributed by atoms with Crippen LogP contribution in [0.1, 0.15) is 35.7 Å². The molecule has 1 amide bonds. The van der Waals surface area contributed by atoms with Gasteiger partial charge in [0.05, 0.1) is 28.8 Å². The van der Waals surface area contributed by atoms with Crippen LogP contribution in [0.25, 0.3) is 21.8 Å². The fourth-order valence-electron chi connectivity index (χ4n) is 3.22. The zero-order valence-corrected chi connectivity index (χ0v) is 17.3. The fourth-order valence-corrected chi connectivity index (χ4v) is 3.75. The molecule has 0 saturated heterocycles. The second-order valence-corrected chi connectivity index (χ2v) is 6.99. The van der Waals surface area contributed by atoms with E-state index in [0.717, 1.165) is 6.07 Å². The molecule has 1 heterocycles. The van der Waals surface area contributed by atoms with Crippen LogP contribution in [0.4, 0.5) is 4.39 Å². The Balaban J connectivity index is 2.23. The van der Waals surface area contributed by atoms with E-state index in [9.17, 15) is 18.8 Å². The number of amides is 1. The van der Waals surface area contributed by atoms with E-state index in [1.165, 1.54) is 0 Å². The van der Waals surface area contributed by atoms with Gasteiger partial charge in [-0.1, -0.05) is 12.1 Å². The molecule has 3 aromatic rings. The van der Waals surface area contributed by atoms with Gasteiger partial charge >= 0.3 is 11.9 Å². The van der Waals surface area contributed by atoms with Crippen molar-refractivity contribution in [1.82, 2.24) is 4.98 Å². The highest BCUT2D eigenvalue weighted by atomic mass is 79.9. The molecule has 2 aromatic carbocycles. The summed E-state index contributed by atoms with van der Waals surface area (Å²) in [5.74, 6) is -4.14. The van der Waals surface area contributed by atoms with Gasteiger partial charge in [-0.3, -0.25) is 14.4 Å². The SMILES string of the molecule is CCOC(=O)C(C(=O)OCC)c1ccc2c(c1)[nH]c1c(C(N)=O)cc(F)c(Br)c12. The Morgan fingerprint density at radius 3 is 2.31 bits per heavy atom. The standard InChI is InChI=1S/C20H18BrFN2O5/c1-3-28-19(26)14(20(27)29-4-2)9-5-6-10-13(7-9)24-17-11(18(23)25)8-12(22)16(21)15(10)17/h5-8,14,24H,3-4H2,1-2H3,(H2,23,25). The number of aromatic amines is 1. The van der Waals surface area contributed by atoms with Crippen molar-refractivity contribution in [3.63, 3.8) is 0 Å². The number of nitrogens with one attached hydrogen (secondary N) is 1. The van der Waals surface area contributed by atoms with E-state index in [1.54, 1.807) is 32.0 Å². The maximum absolute atomic E-state index is 14.3. The predicted octanol–water partition coefficient (Wildman–Crippen LogP) is 3.53. The Morgan fingerprint density at radius 2 is 1.76 bits per heavy atom. The number of fused-ring (bicyclic) bond motifs is 3. The molecule has 0 aliphatic carbocycles. The molecule has 0 aliphatic heterocycles. The third-order valence-electron chi connectivity index (χ3n) is 4.44. The minimum Gasteiger partial charge on any atom is -0.465 e. The number of rotatable bonds is 6. The number of hydrogen-bond donors (Lipinski definition) is 2. The molecule has 0 bridgehead atoms. The Hall–Kier alpha value is -2.94. The van der Waals surface area contributed by atoms with Gasteiger partial charge in [-0.05, 0) is 47.5 Å². The molecule has 152 valence electrons. The number of carbonyl (C=O) groups excluding carboxylic acids is 3. The molecule has 1 aromatic heterocycles. The summed E-state index contributed by atoms with van der Waals surface area (Å²) in [6.45, 7) is 3.49. The number of ether oxygens (including phenoxy) is 2. The summed E-state index contributed by atoms with van der Waals surface area (Å²) in [7, 11) is 0. The summed E-state index contributed by atoms with van der Waals surface area (Å²) in [4.78, 5) is 39.5. The number of H-pyrrole nitrogens is 1. The zero-order chi connectivity index (χ0) is 21.3. The Labute approximate surface area is 173 Å². The quantitative estimate of drug-likeness (QED) is 0.428. The number of aromatic nitrogens is 1. The molecule has 0 aliphatic rings. The van der Waals surface area contributed by atoms with Gasteiger partial charge < -0.3 is 20.2 Å². The van der Waals surface area contributed by atoms with Gasteiger partial charge in [-0.25, -0.2) is 4.39 Å². The third kappa shape index (κ3) is 3.69. The first-order valence-corrected chi connectivity index (χ1v) is 9.65. The maximum atomic E-state index is 14.3. The molecule has 3 rings (SSSR count). The minimum absolute atomic E-state index is 0.00853. The number of nitrogens with two attached hydrogens (primary N) is 1. The molecule has 7 nitrogen and oxygen atoms in total. The van der Waals surface area contributed by atoms with Crippen molar-refractivity contribution in [3.05, 3.63) is 45.7 Å². The van der Waals surface area contributed by atoms with Crippen LogP contribution < -0.4 is 5.73 Å². The molecule has 9 heteroatoms. The van der Waals surface area contributed by atoms with E-state index in [0.29, 0.717) is 27.4 Å². The van der Waals surface area contributed by atoms with Crippen molar-refractivity contribution in [3.8, 4) is 0 Å². The lowest BCUT2D eigenvalue weighted by atomic mass is 9.97. The normalized spacial score (nSPS) is 11.2. The number of primary amides is 1. The van der Waals surface area contributed by atoms with Crippen molar-refractivity contribution in [2.75, 3.05) is 13.2 Å². The van der Waals surface area contributed by atoms with Gasteiger partial charge in [0.2, 0.25) is 0 Å². The summed E-state index contributed by atoms with van der Waals surface area (Å²) in [5, 5.41) is 1.02. The summed E-state index contributed by atoms with van der Waals surface area (Å²) in [6.07, 6.45) is 0. The molecule has 3 N–H and O–H groups in total. The van der Waals surface area contributed by atoms with Gasteiger partial charge in [0, 0.05) is 16.3 Å². The van der Waals surface area contributed by atoms with Gasteiger partial charge in [0.1, 0.15) is 5.82 Å². The predicted molar refractivity (Wildman–Crippen MR) is 108 cm³/mol. The second kappa shape index (κ2) is 8.20. The van der Waals surface area contributed by atoms with Crippen LogP contribution in [-0.2, 0) is 19.1 Å². The number of carbonyl (C=O) groups is 3. The van der Waals surface area contributed by atoms with Crippen LogP contribution in [0, 0.1) is 5.82 Å². The molecule has 0 fully saturated rings. The molecule has 29 heavy (non-hydrogen) atoms. The van der Waals surface area contributed by atoms with E-state index in [2.05, 4.69) is 20.9 Å². The number of esters is 2. The molecule has 0 radical (unpaired) electrons. The van der Waals surface area contributed by atoms with E-state index < -0.39 is 29.6 Å². The van der Waals surface area contributed by atoms with Crippen molar-refractivity contribution < 1.29 is 28.2 Å². The monoisotopic (exact) mass is 464 g/mol. The van der Waals surface area contributed by atoms with Gasteiger partial charge in [0.15, 0.2) is 5.92 Å². The van der Waals surface area contributed by atoms with Crippen LogP contribution in [0.15, 0.2) is 28.7 Å². The zero-order valence-electron chi connectivity index (χ0n) is 15.7. The second-order valence-electron chi connectivity index (χ2n) is 6.20. The minimum atomic E-state index is -1.26. The average Bonchev–Trinajstić information content (AvgIpc) is 3.04. The molecule has 0 unspecified atom stereocenters. The van der Waals surface area contributed by atoms with Crippen LogP contribution in [0.2, 0.25) is 0 Å². The van der Waals surface area contributed by atoms with Crippen LogP contribution in [0.3, 0.4) is 0 Å². The Bertz CT molecular complexity index is 1120. The lowest BCUT2D eigenvalue weighted by Gasteiger charge is -2.14. The van der Waals surface area contributed by atoms with Crippen molar-refractivity contribution in [1.29, 1.82) is 0 Å². The maximum Gasteiger partial charge on any atom is 0.324 e. The summed E-state index contributed by atoms with van der Waals surface area (Å²) in [5.41, 5.74) is 6.56. The van der Waals surface area contributed by atoms with E-state index in [4.69, 9.17) is 15.2 Å². The van der Waals surface area contributed by atoms with E-state index in [1.807, 2.05) is 0 Å². The van der Waals surface area contributed by atoms with Crippen molar-refractivity contribution >= 4 is 55.6 Å². The topological polar surface area (TPSA) is 111 Å². The highest BCUT2D eigenvalue weighted by Gasteiger charge is 2.32. The smallest absolute Gasteiger partial charge is 0.324 e. The molecular weight excluding hydrogens is 447 g/mol. The first-order valence-electron chi connectivity index (χ1n) is 8.86. The number of benzene rings is 2. The molecule has 0 spiro atoms. The van der Waals surface area contributed by atoms with E-state index in [-0.39, 0.29) is 23.2 Å². The Morgan fingerprint density at radius 1 is 1.14 bits per heavy atom. The number of hydrogen-bond acceptors (Lipinski definition) is 5. The van der Waals surface area contributed by atoms with Gasteiger partial charge in [-0.2, -0.15) is 0 Å². The lowest BCUT2D eigenvalue weighted by Crippen LogP contribution is -2.26. The van der Waals surface area contributed by atoms with Crippen molar-refractivity contribution in [2.45, 2.75) is 19.8 Å². The summed E-state index contributed by atoms with van der Waals surface area (Å²) in [6, 6.07) is 5.81. The summed E-state index contributed by atoms with van der Waals surface area (Å²) >= 11 is 3.20. The van der Waals surface area contributed by atoms with E-state index >= 15 is 0 Å². The van der Waals surface area contributed by atoms with Crippen LogP contribution >= 0.6 is 15.9 Å². The highest BCUT2D eigenvalue weighted by molar-refractivity contribution is 9.10. The average molecular weight is 465 g/mol. The van der Waals surface area contributed by atoms with Gasteiger partial charge in [0.25, 0.3) is 5.91 Å². The first kappa shape index (κ1) is 20.8. The summed E-state index contributed by atoms with van der Waals surface area (Å²) < 4.78 is 24.5. The largest absolute Gasteiger partial charge is 0.465 e. The fraction of sp³-hybridized carbons (Fsp3) is 0.250. The molecular formula is C20H18BrFN2O5. The third-order valence-corrected chi connectivity index (χ3v) is 5.21. The van der Waals surface area contributed by atoms with Crippen molar-refractivity contribution in [2.24, 2.45) is 5.73 Å². The Kier molecular flexibility index (Phi) is 5.88. The van der Waals surface area contributed by atoms with Crippen LogP contribution in [0.5, 0.6) is 0 Å². The van der Waals surface area contributed by atoms with Gasteiger partial charge in [-0.15, -0.1) is 0 Å². The van der Waals surface area contributed by atoms with Crippen LogP contribution in [-0.4, -0.2) is 36.0 Å². The molecule has 0 saturated carbocycles. The number of halogens is 2. The first-order chi connectivity index (χ1) is 13.8.